The Morgan fingerprint density at radius 3 is 2.82 bits per heavy atom. The van der Waals surface area contributed by atoms with Crippen molar-refractivity contribution in [3.05, 3.63) is 58.1 Å². The fourth-order valence-electron chi connectivity index (χ4n) is 1.77. The van der Waals surface area contributed by atoms with E-state index in [1.54, 1.807) is 35.1 Å². The van der Waals surface area contributed by atoms with Crippen LogP contribution in [0.25, 0.3) is 5.69 Å². The second-order valence-corrected chi connectivity index (χ2v) is 7.16. The van der Waals surface area contributed by atoms with Crippen molar-refractivity contribution in [3.8, 4) is 5.69 Å². The number of rotatable bonds is 5. The van der Waals surface area contributed by atoms with Gasteiger partial charge < -0.3 is 4.98 Å². The van der Waals surface area contributed by atoms with Gasteiger partial charge in [-0.05, 0) is 48.6 Å². The number of H-pyrrole nitrogens is 1. The number of Topliss-reactive ketones (excluding diaryl/α,β-unsaturated/α-hetero) is 1. The Labute approximate surface area is 139 Å². The summed E-state index contributed by atoms with van der Waals surface area (Å²) >= 11 is 7.93. The summed E-state index contributed by atoms with van der Waals surface area (Å²) < 4.78 is 15.8. The van der Waals surface area contributed by atoms with E-state index in [2.05, 4.69) is 10.1 Å². The Morgan fingerprint density at radius 2 is 2.14 bits per heavy atom. The lowest BCUT2D eigenvalue weighted by atomic mass is 10.3. The van der Waals surface area contributed by atoms with Crippen molar-refractivity contribution in [2.45, 2.75) is 4.34 Å². The molecule has 0 unspecified atom stereocenters. The van der Waals surface area contributed by atoms with Crippen molar-refractivity contribution in [2.75, 3.05) is 5.75 Å². The van der Waals surface area contributed by atoms with Crippen molar-refractivity contribution in [1.29, 1.82) is 0 Å². The first-order chi connectivity index (χ1) is 10.6. The third kappa shape index (κ3) is 3.34. The van der Waals surface area contributed by atoms with E-state index >= 15 is 0 Å². The summed E-state index contributed by atoms with van der Waals surface area (Å²) in [7, 11) is 0. The number of hydrogen-bond donors (Lipinski definition) is 1. The number of halogens is 1. The lowest BCUT2D eigenvalue weighted by molar-refractivity contribution is 0.101. The fraction of sp³-hybridized carbons (Fsp3) is 0.0714. The Morgan fingerprint density at radius 1 is 1.36 bits per heavy atom. The zero-order valence-electron chi connectivity index (χ0n) is 11.2. The third-order valence-electron chi connectivity index (χ3n) is 2.83. The van der Waals surface area contributed by atoms with Crippen molar-refractivity contribution < 1.29 is 9.18 Å². The molecular formula is C14H10FN3OS3. The maximum Gasteiger partial charge on any atom is 0.189 e. The first kappa shape index (κ1) is 15.1. The van der Waals surface area contributed by atoms with Crippen molar-refractivity contribution in [3.63, 3.8) is 0 Å². The van der Waals surface area contributed by atoms with Crippen LogP contribution in [0.15, 0.2) is 46.9 Å². The van der Waals surface area contributed by atoms with Crippen molar-refractivity contribution >= 4 is 41.1 Å². The quantitative estimate of drug-likeness (QED) is 0.427. The SMILES string of the molecule is O=C(CSc1nn(-c2ccc(F)cc2)c(=S)s1)c1ccc[nH]1. The maximum absolute atomic E-state index is 13.0. The summed E-state index contributed by atoms with van der Waals surface area (Å²) in [5.41, 5.74) is 1.28. The van der Waals surface area contributed by atoms with Crippen LogP contribution in [0, 0.1) is 9.77 Å². The highest BCUT2D eigenvalue weighted by atomic mass is 32.2. The van der Waals surface area contributed by atoms with Gasteiger partial charge in [0.05, 0.1) is 17.1 Å². The van der Waals surface area contributed by atoms with Crippen LogP contribution in [0.2, 0.25) is 0 Å². The van der Waals surface area contributed by atoms with Crippen LogP contribution in [-0.4, -0.2) is 26.3 Å². The summed E-state index contributed by atoms with van der Waals surface area (Å²) in [5.74, 6) is -0.0206. The molecule has 0 spiro atoms. The molecular weight excluding hydrogens is 341 g/mol. The third-order valence-corrected chi connectivity index (χ3v) is 5.19. The van der Waals surface area contributed by atoms with E-state index in [1.807, 2.05) is 0 Å². The number of aromatic nitrogens is 3. The zero-order chi connectivity index (χ0) is 15.5. The van der Waals surface area contributed by atoms with Crippen LogP contribution in [0.4, 0.5) is 4.39 Å². The summed E-state index contributed by atoms with van der Waals surface area (Å²) in [6.07, 6.45) is 1.71. The van der Waals surface area contributed by atoms with Crippen LogP contribution in [0.5, 0.6) is 0 Å². The molecule has 2 heterocycles. The summed E-state index contributed by atoms with van der Waals surface area (Å²) in [6.45, 7) is 0. The van der Waals surface area contributed by atoms with Gasteiger partial charge in [0.1, 0.15) is 5.82 Å². The van der Waals surface area contributed by atoms with Crippen LogP contribution < -0.4 is 0 Å². The number of hydrogen-bond acceptors (Lipinski definition) is 5. The van der Waals surface area contributed by atoms with E-state index in [4.69, 9.17) is 12.2 Å². The van der Waals surface area contributed by atoms with Crippen molar-refractivity contribution in [2.24, 2.45) is 0 Å². The molecule has 1 aromatic carbocycles. The first-order valence-corrected chi connectivity index (χ1v) is 8.50. The van der Waals surface area contributed by atoms with Gasteiger partial charge in [0, 0.05) is 6.20 Å². The Balaban J connectivity index is 1.74. The average Bonchev–Trinajstić information content (AvgIpc) is 3.15. The molecule has 0 atom stereocenters. The topological polar surface area (TPSA) is 50.7 Å². The van der Waals surface area contributed by atoms with E-state index in [0.29, 0.717) is 19.7 Å². The predicted octanol–water partition coefficient (Wildman–Crippen LogP) is 4.11. The van der Waals surface area contributed by atoms with Gasteiger partial charge in [0.2, 0.25) is 0 Å². The molecule has 0 aliphatic rings. The van der Waals surface area contributed by atoms with Crippen LogP contribution in [0.3, 0.4) is 0 Å². The lowest BCUT2D eigenvalue weighted by Gasteiger charge is -1.99. The van der Waals surface area contributed by atoms with Gasteiger partial charge in [-0.15, -0.1) is 5.10 Å². The molecule has 22 heavy (non-hydrogen) atoms. The Kier molecular flexibility index (Phi) is 4.51. The van der Waals surface area contributed by atoms with E-state index in [0.717, 1.165) is 0 Å². The molecule has 0 aliphatic heterocycles. The van der Waals surface area contributed by atoms with Crippen LogP contribution in [-0.2, 0) is 0 Å². The molecule has 1 N–H and O–H groups in total. The second-order valence-electron chi connectivity index (χ2n) is 4.32. The number of thioether (sulfide) groups is 1. The number of nitrogens with zero attached hydrogens (tertiary/aromatic N) is 2. The van der Waals surface area contributed by atoms with Gasteiger partial charge >= 0.3 is 0 Å². The first-order valence-electron chi connectivity index (χ1n) is 6.29. The summed E-state index contributed by atoms with van der Waals surface area (Å²) in [4.78, 5) is 14.8. The van der Waals surface area contributed by atoms with Gasteiger partial charge in [0.25, 0.3) is 0 Å². The molecule has 0 aliphatic carbocycles. The average molecular weight is 351 g/mol. The van der Waals surface area contributed by atoms with E-state index in [1.165, 1.54) is 35.2 Å². The van der Waals surface area contributed by atoms with E-state index in [9.17, 15) is 9.18 Å². The highest BCUT2D eigenvalue weighted by Gasteiger charge is 2.11. The molecule has 0 bridgehead atoms. The minimum absolute atomic E-state index is 0.00412. The molecule has 2 aromatic heterocycles. The molecule has 4 nitrogen and oxygen atoms in total. The van der Waals surface area contributed by atoms with Gasteiger partial charge in [-0.3, -0.25) is 4.79 Å². The molecule has 0 amide bonds. The van der Waals surface area contributed by atoms with Crippen molar-refractivity contribution in [1.82, 2.24) is 14.8 Å². The standard InChI is InChI=1S/C14H10FN3OS3/c15-9-3-5-10(6-4-9)18-14(20)22-13(17-18)21-8-12(19)11-2-1-7-16-11/h1-7,16H,8H2. The molecule has 0 saturated heterocycles. The van der Waals surface area contributed by atoms with Crippen LogP contribution in [0.1, 0.15) is 10.5 Å². The summed E-state index contributed by atoms with van der Waals surface area (Å²) in [5, 5.41) is 4.37. The number of nitrogens with one attached hydrogen (secondary N) is 1. The molecule has 3 aromatic rings. The normalized spacial score (nSPS) is 10.8. The highest BCUT2D eigenvalue weighted by Crippen LogP contribution is 2.24. The van der Waals surface area contributed by atoms with Gasteiger partial charge in [-0.1, -0.05) is 23.1 Å². The Hall–Kier alpha value is -1.77. The molecule has 0 radical (unpaired) electrons. The maximum atomic E-state index is 13.0. The lowest BCUT2D eigenvalue weighted by Crippen LogP contribution is -2.02. The molecule has 0 saturated carbocycles. The summed E-state index contributed by atoms with van der Waals surface area (Å²) in [6, 6.07) is 9.47. The minimum atomic E-state index is -0.309. The largest absolute Gasteiger partial charge is 0.359 e. The monoisotopic (exact) mass is 351 g/mol. The smallest absolute Gasteiger partial charge is 0.189 e. The predicted molar refractivity (Wildman–Crippen MR) is 88.1 cm³/mol. The molecule has 3 rings (SSSR count). The fourth-order valence-corrected chi connectivity index (χ4v) is 4.02. The molecule has 8 heteroatoms. The molecule has 0 fully saturated rings. The minimum Gasteiger partial charge on any atom is -0.359 e. The van der Waals surface area contributed by atoms with Gasteiger partial charge in [0.15, 0.2) is 14.1 Å². The van der Waals surface area contributed by atoms with Gasteiger partial charge in [-0.25, -0.2) is 9.07 Å². The van der Waals surface area contributed by atoms with E-state index < -0.39 is 0 Å². The highest BCUT2D eigenvalue weighted by molar-refractivity contribution is 8.01. The Bertz CT molecular complexity index is 837. The van der Waals surface area contributed by atoms with E-state index in [-0.39, 0.29) is 17.4 Å². The number of benzene rings is 1. The number of carbonyl (C=O) groups is 1. The zero-order valence-corrected chi connectivity index (χ0v) is 13.6. The van der Waals surface area contributed by atoms with Crippen LogP contribution >= 0.6 is 35.3 Å². The van der Waals surface area contributed by atoms with Gasteiger partial charge in [-0.2, -0.15) is 0 Å². The molecule has 112 valence electrons. The number of ketones is 1. The second kappa shape index (κ2) is 6.55. The number of carbonyl (C=O) groups excluding carboxylic acids is 1. The number of aromatic amines is 1.